The van der Waals surface area contributed by atoms with Gasteiger partial charge in [0.25, 0.3) is 5.91 Å². The van der Waals surface area contributed by atoms with Crippen LogP contribution in [0.3, 0.4) is 0 Å². The SMILES string of the molecule is CC[C@@H]1CN(Cc2ccc(F)cc2)CCN1C(=O)COc1ccc(Br)cc1CS(N)(=O)=O. The molecule has 0 radical (unpaired) electrons. The first-order valence-corrected chi connectivity index (χ1v) is 12.8. The van der Waals surface area contributed by atoms with Gasteiger partial charge in [-0.25, -0.2) is 17.9 Å². The molecule has 0 aliphatic carbocycles. The number of hydrogen-bond donors (Lipinski definition) is 1. The predicted octanol–water partition coefficient (Wildman–Crippen LogP) is 2.88. The number of nitrogens with zero attached hydrogens (tertiary/aromatic N) is 2. The first-order valence-electron chi connectivity index (χ1n) is 10.3. The van der Waals surface area contributed by atoms with Gasteiger partial charge in [0.05, 0.1) is 5.75 Å². The third kappa shape index (κ3) is 6.99. The van der Waals surface area contributed by atoms with Crippen molar-refractivity contribution in [2.24, 2.45) is 5.14 Å². The molecule has 1 aliphatic heterocycles. The van der Waals surface area contributed by atoms with Gasteiger partial charge in [0.2, 0.25) is 10.0 Å². The van der Waals surface area contributed by atoms with E-state index in [2.05, 4.69) is 20.8 Å². The van der Waals surface area contributed by atoms with Crippen LogP contribution in [0.5, 0.6) is 5.75 Å². The average molecular weight is 528 g/mol. The molecule has 2 N–H and O–H groups in total. The van der Waals surface area contributed by atoms with E-state index in [4.69, 9.17) is 9.88 Å². The summed E-state index contributed by atoms with van der Waals surface area (Å²) in [7, 11) is -3.75. The summed E-state index contributed by atoms with van der Waals surface area (Å²) in [6, 6.07) is 11.5. The fraction of sp³-hybridized carbons (Fsp3) is 0.409. The van der Waals surface area contributed by atoms with Crippen molar-refractivity contribution in [3.05, 3.63) is 63.9 Å². The minimum atomic E-state index is -3.75. The van der Waals surface area contributed by atoms with Gasteiger partial charge in [-0.05, 0) is 42.3 Å². The van der Waals surface area contributed by atoms with E-state index >= 15 is 0 Å². The van der Waals surface area contributed by atoms with Crippen molar-refractivity contribution < 1.29 is 22.3 Å². The van der Waals surface area contributed by atoms with Gasteiger partial charge in [-0.2, -0.15) is 0 Å². The first-order chi connectivity index (χ1) is 15.1. The summed E-state index contributed by atoms with van der Waals surface area (Å²) in [5, 5.41) is 5.17. The van der Waals surface area contributed by atoms with Gasteiger partial charge >= 0.3 is 0 Å². The Labute approximate surface area is 196 Å². The molecule has 1 heterocycles. The number of amides is 1. The van der Waals surface area contributed by atoms with E-state index in [1.807, 2.05) is 11.8 Å². The number of sulfonamides is 1. The molecule has 2 aromatic carbocycles. The van der Waals surface area contributed by atoms with Crippen LogP contribution < -0.4 is 9.88 Å². The number of rotatable bonds is 8. The fourth-order valence-corrected chi connectivity index (χ4v) is 4.90. The molecule has 0 bridgehead atoms. The van der Waals surface area contributed by atoms with E-state index in [1.54, 1.807) is 30.3 Å². The van der Waals surface area contributed by atoms with Gasteiger partial charge in [-0.15, -0.1) is 0 Å². The molecule has 1 atom stereocenters. The highest BCUT2D eigenvalue weighted by molar-refractivity contribution is 9.10. The normalized spacial score (nSPS) is 17.4. The Bertz CT molecular complexity index is 1050. The van der Waals surface area contributed by atoms with E-state index in [0.29, 0.717) is 42.0 Å². The lowest BCUT2D eigenvalue weighted by atomic mass is 10.1. The molecule has 1 amide bonds. The Kier molecular flexibility index (Phi) is 8.26. The predicted molar refractivity (Wildman–Crippen MR) is 124 cm³/mol. The highest BCUT2D eigenvalue weighted by atomic mass is 79.9. The molecule has 174 valence electrons. The summed E-state index contributed by atoms with van der Waals surface area (Å²) in [5.41, 5.74) is 1.42. The number of ether oxygens (including phenoxy) is 1. The van der Waals surface area contributed by atoms with E-state index in [0.717, 1.165) is 12.0 Å². The van der Waals surface area contributed by atoms with Crippen LogP contribution in [0.15, 0.2) is 46.9 Å². The van der Waals surface area contributed by atoms with E-state index in [-0.39, 0.29) is 30.1 Å². The van der Waals surface area contributed by atoms with E-state index in [9.17, 15) is 17.6 Å². The zero-order valence-electron chi connectivity index (χ0n) is 17.8. The van der Waals surface area contributed by atoms with Gasteiger partial charge in [-0.1, -0.05) is 35.0 Å². The molecule has 0 saturated carbocycles. The number of primary sulfonamides is 1. The lowest BCUT2D eigenvalue weighted by Gasteiger charge is -2.41. The summed E-state index contributed by atoms with van der Waals surface area (Å²) < 4.78 is 42.6. The number of halogens is 2. The van der Waals surface area contributed by atoms with Crippen molar-refractivity contribution in [1.82, 2.24) is 9.80 Å². The van der Waals surface area contributed by atoms with Crippen molar-refractivity contribution in [3.63, 3.8) is 0 Å². The minimum absolute atomic E-state index is 0.0362. The number of benzene rings is 2. The lowest BCUT2D eigenvalue weighted by Crippen LogP contribution is -2.55. The van der Waals surface area contributed by atoms with Crippen LogP contribution in [0.2, 0.25) is 0 Å². The summed E-state index contributed by atoms with van der Waals surface area (Å²) in [6.07, 6.45) is 0.792. The molecule has 10 heteroatoms. The van der Waals surface area contributed by atoms with Gasteiger partial charge < -0.3 is 9.64 Å². The Morgan fingerprint density at radius 2 is 1.94 bits per heavy atom. The fourth-order valence-electron chi connectivity index (χ4n) is 3.83. The summed E-state index contributed by atoms with van der Waals surface area (Å²) >= 11 is 3.31. The van der Waals surface area contributed by atoms with Crippen molar-refractivity contribution in [1.29, 1.82) is 0 Å². The second-order valence-corrected chi connectivity index (χ2v) is 10.4. The van der Waals surface area contributed by atoms with Crippen LogP contribution in [0.25, 0.3) is 0 Å². The zero-order chi connectivity index (χ0) is 23.3. The molecule has 3 rings (SSSR count). The average Bonchev–Trinajstić information content (AvgIpc) is 2.73. The van der Waals surface area contributed by atoms with Crippen molar-refractivity contribution in [3.8, 4) is 5.75 Å². The zero-order valence-corrected chi connectivity index (χ0v) is 20.2. The van der Waals surface area contributed by atoms with Gasteiger partial charge in [0.15, 0.2) is 6.61 Å². The first kappa shape index (κ1) is 24.6. The Balaban J connectivity index is 1.60. The third-order valence-corrected chi connectivity index (χ3v) is 6.61. The molecule has 32 heavy (non-hydrogen) atoms. The quantitative estimate of drug-likeness (QED) is 0.569. The number of piperazine rings is 1. The molecular weight excluding hydrogens is 501 g/mol. The second-order valence-electron chi connectivity index (χ2n) is 7.86. The summed E-state index contributed by atoms with van der Waals surface area (Å²) in [6.45, 7) is 4.53. The number of nitrogens with two attached hydrogens (primary N) is 1. The molecule has 1 saturated heterocycles. The summed E-state index contributed by atoms with van der Waals surface area (Å²) in [5.74, 6) is -0.467. The van der Waals surface area contributed by atoms with E-state index in [1.165, 1.54) is 12.1 Å². The van der Waals surface area contributed by atoms with Crippen LogP contribution in [0, 0.1) is 5.82 Å². The van der Waals surface area contributed by atoms with Crippen LogP contribution in [-0.2, 0) is 27.1 Å². The Morgan fingerprint density at radius 3 is 2.59 bits per heavy atom. The van der Waals surface area contributed by atoms with Gasteiger partial charge in [0.1, 0.15) is 11.6 Å². The molecule has 7 nitrogen and oxygen atoms in total. The van der Waals surface area contributed by atoms with Crippen molar-refractivity contribution in [2.75, 3.05) is 26.2 Å². The number of hydrogen-bond acceptors (Lipinski definition) is 5. The highest BCUT2D eigenvalue weighted by Crippen LogP contribution is 2.25. The second kappa shape index (κ2) is 10.7. The molecule has 0 aromatic heterocycles. The smallest absolute Gasteiger partial charge is 0.260 e. The monoisotopic (exact) mass is 527 g/mol. The van der Waals surface area contributed by atoms with Crippen LogP contribution in [0.1, 0.15) is 24.5 Å². The lowest BCUT2D eigenvalue weighted by molar-refractivity contribution is -0.138. The highest BCUT2D eigenvalue weighted by Gasteiger charge is 2.29. The number of carbonyl (C=O) groups excluding carboxylic acids is 1. The third-order valence-electron chi connectivity index (χ3n) is 5.41. The molecule has 0 unspecified atom stereocenters. The molecule has 1 aliphatic rings. The largest absolute Gasteiger partial charge is 0.483 e. The van der Waals surface area contributed by atoms with Crippen LogP contribution in [-0.4, -0.2) is 56.4 Å². The number of carbonyl (C=O) groups is 1. The Morgan fingerprint density at radius 1 is 1.22 bits per heavy atom. The topological polar surface area (TPSA) is 92.9 Å². The standard InChI is InChI=1S/C22H27BrFN3O4S/c1-2-20-13-26(12-16-3-6-19(24)7-4-16)9-10-27(20)22(28)14-31-21-8-5-18(23)11-17(21)15-32(25,29)30/h3-8,11,20H,2,9-10,12-15H2,1H3,(H2,25,29,30)/t20-/m1/s1. The van der Waals surface area contributed by atoms with Crippen LogP contribution >= 0.6 is 15.9 Å². The van der Waals surface area contributed by atoms with Gasteiger partial charge in [-0.3, -0.25) is 9.69 Å². The minimum Gasteiger partial charge on any atom is -0.483 e. The van der Waals surface area contributed by atoms with E-state index < -0.39 is 10.0 Å². The molecule has 2 aromatic rings. The van der Waals surface area contributed by atoms with Gasteiger partial charge in [0, 0.05) is 42.3 Å². The Hall–Kier alpha value is -2.01. The molecular formula is C22H27BrFN3O4S. The van der Waals surface area contributed by atoms with Crippen LogP contribution in [0.4, 0.5) is 4.39 Å². The maximum atomic E-state index is 13.1. The maximum Gasteiger partial charge on any atom is 0.260 e. The maximum absolute atomic E-state index is 13.1. The van der Waals surface area contributed by atoms with Crippen molar-refractivity contribution in [2.45, 2.75) is 31.7 Å². The van der Waals surface area contributed by atoms with Crippen molar-refractivity contribution >= 4 is 31.9 Å². The molecule has 0 spiro atoms. The summed E-state index contributed by atoms with van der Waals surface area (Å²) in [4.78, 5) is 17.0. The molecule has 1 fully saturated rings.